The minimum absolute atomic E-state index is 0.0787. The van der Waals surface area contributed by atoms with Crippen LogP contribution in [0.3, 0.4) is 0 Å². The summed E-state index contributed by atoms with van der Waals surface area (Å²) in [5.41, 5.74) is 5.11. The van der Waals surface area contributed by atoms with E-state index in [9.17, 15) is 10.1 Å². The molecule has 3 heterocycles. The van der Waals surface area contributed by atoms with Gasteiger partial charge in [-0.25, -0.2) is 4.99 Å². The number of carbonyl (C=O) groups excluding carboxylic acids is 1. The fourth-order valence-electron chi connectivity index (χ4n) is 5.30. The van der Waals surface area contributed by atoms with E-state index in [4.69, 9.17) is 9.73 Å². The lowest BCUT2D eigenvalue weighted by Crippen LogP contribution is -2.39. The van der Waals surface area contributed by atoms with Crippen LogP contribution in [0.15, 0.2) is 86.6 Å². The van der Waals surface area contributed by atoms with Gasteiger partial charge in [0, 0.05) is 50.4 Å². The molecule has 1 amide bonds. The average Bonchev–Trinajstić information content (AvgIpc) is 3.54. The Morgan fingerprint density at radius 3 is 2.61 bits per heavy atom. The second kappa shape index (κ2) is 13.8. The van der Waals surface area contributed by atoms with Crippen LogP contribution in [0.1, 0.15) is 18.1 Å². The van der Waals surface area contributed by atoms with Crippen LogP contribution < -0.4 is 15.5 Å². The molecule has 226 valence electrons. The number of carbonyl (C=O) groups is 1. The number of nitriles is 1. The predicted octanol–water partition coefficient (Wildman–Crippen LogP) is 5.91. The van der Waals surface area contributed by atoms with Crippen LogP contribution in [0.2, 0.25) is 0 Å². The molecule has 0 aromatic heterocycles. The predicted molar refractivity (Wildman–Crippen MR) is 180 cm³/mol. The van der Waals surface area contributed by atoms with Crippen molar-refractivity contribution in [1.29, 1.82) is 5.26 Å². The summed E-state index contributed by atoms with van der Waals surface area (Å²) in [4.78, 5) is 27.1. The molecular formula is C33H35N7O2S2. The summed E-state index contributed by atoms with van der Waals surface area (Å²) in [5.74, 6) is -0.0787. The summed E-state index contributed by atoms with van der Waals surface area (Å²) in [7, 11) is 2.02. The highest BCUT2D eigenvalue weighted by Gasteiger charge is 2.39. The normalized spacial score (nSPS) is 19.4. The number of hydrogen-bond acceptors (Lipinski definition) is 10. The average molecular weight is 626 g/mol. The summed E-state index contributed by atoms with van der Waals surface area (Å²) in [5, 5.41) is 17.9. The molecule has 2 saturated heterocycles. The largest absolute Gasteiger partial charge is 0.384 e. The van der Waals surface area contributed by atoms with Crippen molar-refractivity contribution in [3.63, 3.8) is 0 Å². The first-order valence-electron chi connectivity index (χ1n) is 14.8. The highest BCUT2D eigenvalue weighted by molar-refractivity contribution is 8.19. The number of nitrogens with one attached hydrogen (secondary N) is 2. The number of rotatable bonds is 9. The number of amidine groups is 1. The van der Waals surface area contributed by atoms with E-state index in [1.807, 2.05) is 50.4 Å². The van der Waals surface area contributed by atoms with Crippen LogP contribution in [0.5, 0.6) is 0 Å². The first kappa shape index (κ1) is 30.1. The fraction of sp³-hybridized carbons (Fsp3) is 0.303. The molecule has 0 atom stereocenters. The monoisotopic (exact) mass is 625 g/mol. The standard InChI is InChI=1S/C33H35N7O2S2/c1-3-35-26-11-9-24(21-34)19-27(26)37-33-40(22-23-7-5-4-6-8-23)31(41)30(44-33)32-38(2)28-20-25(10-12-29(28)43-32)36-13-14-39-15-17-42-18-16-39/h4-12,19-20,35-36H,3,13-18,22H2,1-2H3. The zero-order valence-corrected chi connectivity index (χ0v) is 26.5. The Balaban J connectivity index is 1.28. The Bertz CT molecular complexity index is 1630. The smallest absolute Gasteiger partial charge is 0.269 e. The van der Waals surface area contributed by atoms with Gasteiger partial charge in [0.05, 0.1) is 53.5 Å². The zero-order chi connectivity index (χ0) is 30.5. The van der Waals surface area contributed by atoms with E-state index in [1.54, 1.807) is 28.8 Å². The third-order valence-corrected chi connectivity index (χ3v) is 10.1. The Morgan fingerprint density at radius 2 is 1.84 bits per heavy atom. The van der Waals surface area contributed by atoms with Crippen LogP contribution in [0, 0.1) is 11.3 Å². The lowest BCUT2D eigenvalue weighted by Gasteiger charge is -2.26. The first-order chi connectivity index (χ1) is 21.5. The molecule has 0 saturated carbocycles. The SMILES string of the molecule is CCNc1ccc(C#N)cc1N=C1SC(=C2Sc3ccc(NCCN4CCOCC4)cc3N2C)C(=O)N1Cc1ccccc1. The third kappa shape index (κ3) is 6.59. The Hall–Kier alpha value is -3.95. The second-order valence-corrected chi connectivity index (χ2v) is 12.6. The highest BCUT2D eigenvalue weighted by Crippen LogP contribution is 2.51. The van der Waals surface area contributed by atoms with E-state index in [-0.39, 0.29) is 5.91 Å². The van der Waals surface area contributed by atoms with Crippen LogP contribution >= 0.6 is 23.5 Å². The van der Waals surface area contributed by atoms with Gasteiger partial charge in [-0.3, -0.25) is 14.6 Å². The van der Waals surface area contributed by atoms with Crippen molar-refractivity contribution in [3.8, 4) is 6.07 Å². The van der Waals surface area contributed by atoms with Gasteiger partial charge < -0.3 is 20.3 Å². The molecule has 0 aliphatic carbocycles. The van der Waals surface area contributed by atoms with Gasteiger partial charge >= 0.3 is 0 Å². The van der Waals surface area contributed by atoms with Gasteiger partial charge in [0.2, 0.25) is 0 Å². The summed E-state index contributed by atoms with van der Waals surface area (Å²) >= 11 is 3.00. The van der Waals surface area contributed by atoms with Crippen molar-refractivity contribution in [2.75, 3.05) is 68.5 Å². The molecule has 3 aromatic rings. The van der Waals surface area contributed by atoms with Gasteiger partial charge in [-0.2, -0.15) is 5.26 Å². The summed E-state index contributed by atoms with van der Waals surface area (Å²) in [6.07, 6.45) is 0. The van der Waals surface area contributed by atoms with E-state index in [0.29, 0.717) is 34.4 Å². The number of benzene rings is 3. The lowest BCUT2D eigenvalue weighted by molar-refractivity contribution is -0.122. The Morgan fingerprint density at radius 1 is 1.02 bits per heavy atom. The summed E-state index contributed by atoms with van der Waals surface area (Å²) in [6, 6.07) is 24.0. The van der Waals surface area contributed by atoms with Gasteiger partial charge in [0.15, 0.2) is 5.17 Å². The number of hydrogen-bond donors (Lipinski definition) is 2. The molecule has 6 rings (SSSR count). The fourth-order valence-corrected chi connectivity index (χ4v) is 7.62. The van der Waals surface area contributed by atoms with Crippen molar-refractivity contribution >= 4 is 57.3 Å². The van der Waals surface area contributed by atoms with Crippen molar-refractivity contribution < 1.29 is 9.53 Å². The minimum atomic E-state index is -0.0787. The number of fused-ring (bicyclic) bond motifs is 1. The van der Waals surface area contributed by atoms with Gasteiger partial charge in [-0.05, 0) is 60.6 Å². The van der Waals surface area contributed by atoms with E-state index in [1.165, 1.54) is 11.8 Å². The van der Waals surface area contributed by atoms with Crippen molar-refractivity contribution in [3.05, 3.63) is 87.8 Å². The van der Waals surface area contributed by atoms with Crippen LogP contribution in [0.4, 0.5) is 22.7 Å². The molecule has 2 N–H and O–H groups in total. The maximum atomic E-state index is 14.1. The number of morpholine rings is 1. The molecule has 0 bridgehead atoms. The van der Waals surface area contributed by atoms with E-state index in [0.717, 1.165) is 71.9 Å². The Kier molecular flexibility index (Phi) is 9.43. The van der Waals surface area contributed by atoms with Crippen LogP contribution in [0.25, 0.3) is 0 Å². The minimum Gasteiger partial charge on any atom is -0.384 e. The highest BCUT2D eigenvalue weighted by atomic mass is 32.2. The molecule has 3 aliphatic heterocycles. The van der Waals surface area contributed by atoms with Gasteiger partial charge in [0.25, 0.3) is 5.91 Å². The van der Waals surface area contributed by atoms with E-state index < -0.39 is 0 Å². The quantitative estimate of drug-likeness (QED) is 0.282. The summed E-state index contributed by atoms with van der Waals surface area (Å²) in [6.45, 7) is 8.49. The number of anilines is 3. The molecule has 3 aromatic carbocycles. The molecule has 0 spiro atoms. The second-order valence-electron chi connectivity index (χ2n) is 10.6. The third-order valence-electron chi connectivity index (χ3n) is 7.64. The van der Waals surface area contributed by atoms with Crippen molar-refractivity contribution in [1.82, 2.24) is 9.80 Å². The zero-order valence-electron chi connectivity index (χ0n) is 24.9. The number of amides is 1. The molecule has 0 unspecified atom stereocenters. The molecule has 0 radical (unpaired) electrons. The maximum absolute atomic E-state index is 14.1. The van der Waals surface area contributed by atoms with Crippen LogP contribution in [-0.4, -0.2) is 73.9 Å². The van der Waals surface area contributed by atoms with Crippen molar-refractivity contribution in [2.45, 2.75) is 18.4 Å². The van der Waals surface area contributed by atoms with Gasteiger partial charge in [-0.1, -0.05) is 42.1 Å². The molecule has 11 heteroatoms. The number of nitrogens with zero attached hydrogens (tertiary/aromatic N) is 5. The molecular weight excluding hydrogens is 591 g/mol. The number of ether oxygens (including phenoxy) is 1. The van der Waals surface area contributed by atoms with E-state index >= 15 is 0 Å². The molecule has 9 nitrogen and oxygen atoms in total. The van der Waals surface area contributed by atoms with Crippen LogP contribution in [-0.2, 0) is 16.1 Å². The molecule has 2 fully saturated rings. The van der Waals surface area contributed by atoms with Gasteiger partial charge in [-0.15, -0.1) is 0 Å². The van der Waals surface area contributed by atoms with E-state index in [2.05, 4.69) is 44.7 Å². The molecule has 44 heavy (non-hydrogen) atoms. The number of thioether (sulfide) groups is 2. The van der Waals surface area contributed by atoms with Crippen molar-refractivity contribution in [2.24, 2.45) is 4.99 Å². The summed E-state index contributed by atoms with van der Waals surface area (Å²) < 4.78 is 5.46. The lowest BCUT2D eigenvalue weighted by atomic mass is 10.2. The maximum Gasteiger partial charge on any atom is 0.269 e. The first-order valence-corrected chi connectivity index (χ1v) is 16.4. The Labute approximate surface area is 267 Å². The van der Waals surface area contributed by atoms with Gasteiger partial charge in [0.1, 0.15) is 4.91 Å². The topological polar surface area (TPSA) is 96.2 Å². The number of aliphatic imine (C=N–C) groups is 1. The molecule has 3 aliphatic rings.